The number of anilines is 1. The monoisotopic (exact) mass is 354 g/mol. The fourth-order valence-corrected chi connectivity index (χ4v) is 3.90. The highest BCUT2D eigenvalue weighted by atomic mass is 32.1. The lowest BCUT2D eigenvalue weighted by Crippen LogP contribution is -2.31. The first kappa shape index (κ1) is 18.4. The summed E-state index contributed by atoms with van der Waals surface area (Å²) in [6, 6.07) is 0. The third-order valence-corrected chi connectivity index (χ3v) is 4.83. The number of esters is 1. The zero-order chi connectivity index (χ0) is 17.5. The van der Waals surface area contributed by atoms with E-state index in [0.717, 1.165) is 36.1 Å². The zero-order valence-electron chi connectivity index (χ0n) is 13.9. The Labute approximate surface area is 144 Å². The van der Waals surface area contributed by atoms with Crippen molar-refractivity contribution in [3.05, 3.63) is 16.0 Å². The van der Waals surface area contributed by atoms with Crippen LogP contribution < -0.4 is 10.6 Å². The van der Waals surface area contributed by atoms with Gasteiger partial charge in [0.25, 0.3) is 5.91 Å². The molecule has 2 amide bonds. The summed E-state index contributed by atoms with van der Waals surface area (Å²) < 4.78 is 9.96. The summed E-state index contributed by atoms with van der Waals surface area (Å²) in [6.45, 7) is 1.80. The topological polar surface area (TPSA) is 93.7 Å². The number of fused-ring (bicyclic) bond motifs is 1. The lowest BCUT2D eigenvalue weighted by molar-refractivity contribution is -0.124. The average molecular weight is 354 g/mol. The van der Waals surface area contributed by atoms with Gasteiger partial charge in [0.1, 0.15) is 5.00 Å². The van der Waals surface area contributed by atoms with Crippen LogP contribution in [0.2, 0.25) is 0 Å². The Morgan fingerprint density at radius 2 is 1.96 bits per heavy atom. The van der Waals surface area contributed by atoms with E-state index in [0.29, 0.717) is 23.7 Å². The van der Waals surface area contributed by atoms with Crippen LogP contribution in [0.5, 0.6) is 0 Å². The van der Waals surface area contributed by atoms with Crippen LogP contribution in [0.25, 0.3) is 0 Å². The summed E-state index contributed by atoms with van der Waals surface area (Å²) in [5, 5.41) is 5.80. The fraction of sp³-hybridized carbons (Fsp3) is 0.562. The standard InChI is InChI=1S/C16H22N2O5S/c1-10(19)18-15-14(11-5-3-4-6-12(11)24-15)16(21)23-9-13(20)17-7-8-22-2/h3-9H2,1-2H3,(H,17,20)(H,18,19). The summed E-state index contributed by atoms with van der Waals surface area (Å²) in [4.78, 5) is 36.6. The van der Waals surface area contributed by atoms with Crippen LogP contribution in [-0.4, -0.2) is 44.7 Å². The maximum atomic E-state index is 12.4. The van der Waals surface area contributed by atoms with Gasteiger partial charge < -0.3 is 20.1 Å². The predicted molar refractivity (Wildman–Crippen MR) is 90.4 cm³/mol. The second-order valence-electron chi connectivity index (χ2n) is 5.52. The SMILES string of the molecule is COCCNC(=O)COC(=O)c1c(NC(C)=O)sc2c1CCCC2. The Kier molecular flexibility index (Phi) is 6.74. The quantitative estimate of drug-likeness (QED) is 0.572. The van der Waals surface area contributed by atoms with E-state index < -0.39 is 5.97 Å². The summed E-state index contributed by atoms with van der Waals surface area (Å²) in [5.74, 6) is -1.19. The molecule has 1 aromatic rings. The number of carbonyl (C=O) groups excluding carboxylic acids is 3. The van der Waals surface area contributed by atoms with Crippen molar-refractivity contribution >= 4 is 34.1 Å². The molecule has 0 aliphatic heterocycles. The van der Waals surface area contributed by atoms with Gasteiger partial charge in [-0.15, -0.1) is 11.3 Å². The highest BCUT2D eigenvalue weighted by Gasteiger charge is 2.27. The van der Waals surface area contributed by atoms with Gasteiger partial charge in [-0.2, -0.15) is 0 Å². The van der Waals surface area contributed by atoms with Gasteiger partial charge in [-0.05, 0) is 31.2 Å². The number of amides is 2. The molecule has 0 spiro atoms. The van der Waals surface area contributed by atoms with Crippen molar-refractivity contribution in [2.45, 2.75) is 32.6 Å². The molecule has 0 saturated carbocycles. The van der Waals surface area contributed by atoms with Gasteiger partial charge in [0.05, 0.1) is 12.2 Å². The fourth-order valence-electron chi connectivity index (χ4n) is 2.58. The van der Waals surface area contributed by atoms with E-state index in [1.165, 1.54) is 25.4 Å². The van der Waals surface area contributed by atoms with E-state index in [1.54, 1.807) is 0 Å². The predicted octanol–water partition coefficient (Wildman–Crippen LogP) is 1.50. The van der Waals surface area contributed by atoms with Crippen LogP contribution in [0, 0.1) is 0 Å². The molecule has 1 heterocycles. The minimum atomic E-state index is -0.569. The Bertz CT molecular complexity index is 626. The van der Waals surface area contributed by atoms with Crippen molar-refractivity contribution in [1.29, 1.82) is 0 Å². The third-order valence-electron chi connectivity index (χ3n) is 3.63. The van der Waals surface area contributed by atoms with Crippen LogP contribution in [0.4, 0.5) is 5.00 Å². The maximum absolute atomic E-state index is 12.4. The molecular formula is C16H22N2O5S. The molecule has 132 valence electrons. The number of hydrogen-bond acceptors (Lipinski definition) is 6. The maximum Gasteiger partial charge on any atom is 0.341 e. The van der Waals surface area contributed by atoms with Gasteiger partial charge in [-0.25, -0.2) is 4.79 Å². The van der Waals surface area contributed by atoms with Crippen molar-refractivity contribution in [3.63, 3.8) is 0 Å². The Morgan fingerprint density at radius 1 is 1.21 bits per heavy atom. The largest absolute Gasteiger partial charge is 0.452 e. The van der Waals surface area contributed by atoms with Gasteiger partial charge in [0, 0.05) is 25.5 Å². The molecule has 0 fully saturated rings. The second-order valence-corrected chi connectivity index (χ2v) is 6.62. The molecule has 0 atom stereocenters. The van der Waals surface area contributed by atoms with Crippen molar-refractivity contribution in [2.24, 2.45) is 0 Å². The third kappa shape index (κ3) is 4.78. The first-order chi connectivity index (χ1) is 11.5. The molecule has 0 saturated heterocycles. The number of rotatable bonds is 7. The van der Waals surface area contributed by atoms with E-state index in [9.17, 15) is 14.4 Å². The molecule has 1 aliphatic carbocycles. The van der Waals surface area contributed by atoms with E-state index in [-0.39, 0.29) is 18.4 Å². The summed E-state index contributed by atoms with van der Waals surface area (Å²) in [5.41, 5.74) is 1.34. The van der Waals surface area contributed by atoms with E-state index in [2.05, 4.69) is 10.6 Å². The molecule has 8 heteroatoms. The molecular weight excluding hydrogens is 332 g/mol. The van der Waals surface area contributed by atoms with Crippen LogP contribution in [0.3, 0.4) is 0 Å². The number of nitrogens with one attached hydrogen (secondary N) is 2. The Hall–Kier alpha value is -1.93. The van der Waals surface area contributed by atoms with E-state index >= 15 is 0 Å². The number of methoxy groups -OCH3 is 1. The minimum Gasteiger partial charge on any atom is -0.452 e. The zero-order valence-corrected chi connectivity index (χ0v) is 14.7. The molecule has 24 heavy (non-hydrogen) atoms. The summed E-state index contributed by atoms with van der Waals surface area (Å²) >= 11 is 1.42. The number of thiophene rings is 1. The number of carbonyl (C=O) groups is 3. The Balaban J connectivity index is 2.06. The van der Waals surface area contributed by atoms with Crippen molar-refractivity contribution < 1.29 is 23.9 Å². The van der Waals surface area contributed by atoms with Crippen molar-refractivity contribution in [2.75, 3.05) is 32.2 Å². The molecule has 0 unspecified atom stereocenters. The summed E-state index contributed by atoms with van der Waals surface area (Å²) in [7, 11) is 1.54. The highest BCUT2D eigenvalue weighted by Crippen LogP contribution is 2.38. The highest BCUT2D eigenvalue weighted by molar-refractivity contribution is 7.17. The van der Waals surface area contributed by atoms with Gasteiger partial charge in [0.2, 0.25) is 5.91 Å². The van der Waals surface area contributed by atoms with Gasteiger partial charge >= 0.3 is 5.97 Å². The normalized spacial score (nSPS) is 13.1. The van der Waals surface area contributed by atoms with Crippen LogP contribution >= 0.6 is 11.3 Å². The Morgan fingerprint density at radius 3 is 2.67 bits per heavy atom. The number of ether oxygens (including phenoxy) is 2. The average Bonchev–Trinajstić information content (AvgIpc) is 2.90. The molecule has 2 rings (SSSR count). The molecule has 2 N–H and O–H groups in total. The molecule has 0 radical (unpaired) electrons. The molecule has 7 nitrogen and oxygen atoms in total. The van der Waals surface area contributed by atoms with E-state index in [1.807, 2.05) is 0 Å². The van der Waals surface area contributed by atoms with Gasteiger partial charge in [-0.1, -0.05) is 0 Å². The smallest absolute Gasteiger partial charge is 0.341 e. The van der Waals surface area contributed by atoms with E-state index in [4.69, 9.17) is 9.47 Å². The summed E-state index contributed by atoms with van der Waals surface area (Å²) in [6.07, 6.45) is 3.76. The first-order valence-corrected chi connectivity index (χ1v) is 8.69. The van der Waals surface area contributed by atoms with Crippen LogP contribution in [-0.2, 0) is 31.9 Å². The van der Waals surface area contributed by atoms with Crippen molar-refractivity contribution in [1.82, 2.24) is 5.32 Å². The second kappa shape index (κ2) is 8.79. The molecule has 0 aromatic carbocycles. The van der Waals surface area contributed by atoms with Gasteiger partial charge in [0.15, 0.2) is 6.61 Å². The van der Waals surface area contributed by atoms with Crippen LogP contribution in [0.1, 0.15) is 40.6 Å². The van der Waals surface area contributed by atoms with Gasteiger partial charge in [-0.3, -0.25) is 9.59 Å². The number of aryl methyl sites for hydroxylation is 1. The van der Waals surface area contributed by atoms with Crippen LogP contribution in [0.15, 0.2) is 0 Å². The molecule has 1 aliphatic rings. The lowest BCUT2D eigenvalue weighted by Gasteiger charge is -2.12. The lowest BCUT2D eigenvalue weighted by atomic mass is 9.95. The number of hydrogen-bond donors (Lipinski definition) is 2. The van der Waals surface area contributed by atoms with Crippen molar-refractivity contribution in [3.8, 4) is 0 Å². The minimum absolute atomic E-state index is 0.236. The molecule has 0 bridgehead atoms. The molecule has 1 aromatic heterocycles. The first-order valence-electron chi connectivity index (χ1n) is 7.87.